The van der Waals surface area contributed by atoms with E-state index in [1.165, 1.54) is 0 Å². The Labute approximate surface area is 108 Å². The number of hydrogen-bond acceptors (Lipinski definition) is 4. The lowest BCUT2D eigenvalue weighted by Crippen LogP contribution is -2.28. The molecule has 18 heavy (non-hydrogen) atoms. The summed E-state index contributed by atoms with van der Waals surface area (Å²) in [5.74, 6) is 0.0290. The van der Waals surface area contributed by atoms with Crippen molar-refractivity contribution >= 4 is 17.2 Å². The summed E-state index contributed by atoms with van der Waals surface area (Å²) in [5, 5.41) is 0. The summed E-state index contributed by atoms with van der Waals surface area (Å²) < 4.78 is 0. The minimum atomic E-state index is 0.0290. The SMILES string of the molecule is CC(=O)c1cc(N2CCCN(C)CC2)ccc1N. The predicted molar refractivity (Wildman–Crippen MR) is 75.2 cm³/mol. The van der Waals surface area contributed by atoms with Crippen LogP contribution < -0.4 is 10.6 Å². The highest BCUT2D eigenvalue weighted by atomic mass is 16.1. The maximum absolute atomic E-state index is 11.5. The number of anilines is 2. The van der Waals surface area contributed by atoms with Crippen LogP contribution in [0.5, 0.6) is 0 Å². The van der Waals surface area contributed by atoms with Gasteiger partial charge in [0, 0.05) is 36.6 Å². The third kappa shape index (κ3) is 2.82. The first-order valence-electron chi connectivity index (χ1n) is 6.42. The molecule has 1 heterocycles. The van der Waals surface area contributed by atoms with E-state index in [9.17, 15) is 4.79 Å². The van der Waals surface area contributed by atoms with Crippen molar-refractivity contribution in [3.63, 3.8) is 0 Å². The van der Waals surface area contributed by atoms with Crippen LogP contribution in [0.4, 0.5) is 11.4 Å². The number of rotatable bonds is 2. The van der Waals surface area contributed by atoms with Crippen molar-refractivity contribution in [3.8, 4) is 0 Å². The highest BCUT2D eigenvalue weighted by Gasteiger charge is 2.14. The first kappa shape index (κ1) is 12.9. The molecule has 1 aromatic rings. The van der Waals surface area contributed by atoms with Gasteiger partial charge in [0.05, 0.1) is 0 Å². The van der Waals surface area contributed by atoms with Gasteiger partial charge >= 0.3 is 0 Å². The Hall–Kier alpha value is -1.55. The molecule has 4 nitrogen and oxygen atoms in total. The standard InChI is InChI=1S/C14H21N3O/c1-11(18)13-10-12(4-5-14(13)15)17-7-3-6-16(2)8-9-17/h4-5,10H,3,6-9,15H2,1-2H3. The van der Waals surface area contributed by atoms with E-state index in [2.05, 4.69) is 16.8 Å². The second-order valence-electron chi connectivity index (χ2n) is 4.97. The van der Waals surface area contributed by atoms with Crippen molar-refractivity contribution in [2.24, 2.45) is 0 Å². The van der Waals surface area contributed by atoms with Crippen LogP contribution in [-0.4, -0.2) is 43.9 Å². The molecule has 4 heteroatoms. The van der Waals surface area contributed by atoms with E-state index in [4.69, 9.17) is 5.73 Å². The number of benzene rings is 1. The van der Waals surface area contributed by atoms with Crippen LogP contribution in [0.3, 0.4) is 0 Å². The van der Waals surface area contributed by atoms with Crippen LogP contribution in [-0.2, 0) is 0 Å². The van der Waals surface area contributed by atoms with Crippen molar-refractivity contribution in [3.05, 3.63) is 23.8 Å². The van der Waals surface area contributed by atoms with E-state index < -0.39 is 0 Å². The summed E-state index contributed by atoms with van der Waals surface area (Å²) in [5.41, 5.74) is 8.12. The fourth-order valence-corrected chi connectivity index (χ4v) is 2.35. The minimum Gasteiger partial charge on any atom is -0.398 e. The molecule has 0 radical (unpaired) electrons. The van der Waals surface area contributed by atoms with Gasteiger partial charge in [0.15, 0.2) is 5.78 Å². The van der Waals surface area contributed by atoms with Gasteiger partial charge in [-0.25, -0.2) is 0 Å². The van der Waals surface area contributed by atoms with Crippen molar-refractivity contribution in [1.82, 2.24) is 4.90 Å². The largest absolute Gasteiger partial charge is 0.398 e. The van der Waals surface area contributed by atoms with Gasteiger partial charge in [0.2, 0.25) is 0 Å². The number of nitrogen functional groups attached to an aromatic ring is 1. The smallest absolute Gasteiger partial charge is 0.161 e. The molecule has 0 amide bonds. The number of nitrogens with two attached hydrogens (primary N) is 1. The van der Waals surface area contributed by atoms with Crippen LogP contribution in [0.25, 0.3) is 0 Å². The molecule has 0 unspecified atom stereocenters. The predicted octanol–water partition coefficient (Wildman–Crippen LogP) is 1.61. The van der Waals surface area contributed by atoms with E-state index in [0.29, 0.717) is 11.3 Å². The lowest BCUT2D eigenvalue weighted by Gasteiger charge is -2.23. The second-order valence-corrected chi connectivity index (χ2v) is 4.97. The fourth-order valence-electron chi connectivity index (χ4n) is 2.35. The van der Waals surface area contributed by atoms with Crippen molar-refractivity contribution in [2.75, 3.05) is 43.9 Å². The third-order valence-electron chi connectivity index (χ3n) is 3.50. The van der Waals surface area contributed by atoms with Crippen molar-refractivity contribution < 1.29 is 4.79 Å². The van der Waals surface area contributed by atoms with Gasteiger partial charge < -0.3 is 15.5 Å². The van der Waals surface area contributed by atoms with E-state index in [-0.39, 0.29) is 5.78 Å². The van der Waals surface area contributed by atoms with Gasteiger partial charge in [-0.2, -0.15) is 0 Å². The first-order chi connectivity index (χ1) is 8.58. The van der Waals surface area contributed by atoms with E-state index in [1.54, 1.807) is 6.92 Å². The molecule has 0 saturated carbocycles. The number of Topliss-reactive ketones (excluding diaryl/α,β-unsaturated/α-hetero) is 1. The van der Waals surface area contributed by atoms with Gasteiger partial charge in [0.1, 0.15) is 0 Å². The molecule has 2 rings (SSSR count). The molecule has 0 bridgehead atoms. The van der Waals surface area contributed by atoms with Crippen molar-refractivity contribution in [2.45, 2.75) is 13.3 Å². The van der Waals surface area contributed by atoms with Crippen LogP contribution in [0.1, 0.15) is 23.7 Å². The zero-order valence-electron chi connectivity index (χ0n) is 11.1. The highest BCUT2D eigenvalue weighted by Crippen LogP contribution is 2.22. The normalized spacial score (nSPS) is 17.6. The number of carbonyl (C=O) groups excluding carboxylic acids is 1. The average Bonchev–Trinajstić information content (AvgIpc) is 2.54. The topological polar surface area (TPSA) is 49.6 Å². The summed E-state index contributed by atoms with van der Waals surface area (Å²) in [4.78, 5) is 16.2. The van der Waals surface area contributed by atoms with Gasteiger partial charge in [-0.3, -0.25) is 4.79 Å². The molecule has 1 aliphatic rings. The Bertz CT molecular complexity index is 445. The summed E-state index contributed by atoms with van der Waals surface area (Å²) >= 11 is 0. The van der Waals surface area contributed by atoms with Gasteiger partial charge in [-0.15, -0.1) is 0 Å². The van der Waals surface area contributed by atoms with Crippen LogP contribution in [0.2, 0.25) is 0 Å². The van der Waals surface area contributed by atoms with Gasteiger partial charge in [0.25, 0.3) is 0 Å². The summed E-state index contributed by atoms with van der Waals surface area (Å²) in [6, 6.07) is 5.76. The highest BCUT2D eigenvalue weighted by molar-refractivity contribution is 6.00. The Morgan fingerprint density at radius 2 is 2.00 bits per heavy atom. The number of carbonyl (C=O) groups is 1. The van der Waals surface area contributed by atoms with Crippen molar-refractivity contribution in [1.29, 1.82) is 0 Å². The van der Waals surface area contributed by atoms with Gasteiger partial charge in [-0.05, 0) is 45.1 Å². The molecule has 1 saturated heterocycles. The summed E-state index contributed by atoms with van der Waals surface area (Å²) in [6.07, 6.45) is 1.15. The second kappa shape index (κ2) is 5.40. The maximum atomic E-state index is 11.5. The molecule has 0 atom stereocenters. The lowest BCUT2D eigenvalue weighted by molar-refractivity contribution is 0.101. The molecule has 0 aromatic heterocycles. The third-order valence-corrected chi connectivity index (χ3v) is 3.50. The fraction of sp³-hybridized carbons (Fsp3) is 0.500. The molecular weight excluding hydrogens is 226 g/mol. The molecule has 1 fully saturated rings. The Balaban J connectivity index is 2.22. The monoisotopic (exact) mass is 247 g/mol. The minimum absolute atomic E-state index is 0.0290. The first-order valence-corrected chi connectivity index (χ1v) is 6.42. The van der Waals surface area contributed by atoms with E-state index in [1.807, 2.05) is 18.2 Å². The Kier molecular flexibility index (Phi) is 3.87. The summed E-state index contributed by atoms with van der Waals surface area (Å²) in [7, 11) is 2.15. The number of hydrogen-bond donors (Lipinski definition) is 1. The quantitative estimate of drug-likeness (QED) is 0.637. The molecule has 98 valence electrons. The molecule has 0 aliphatic carbocycles. The molecule has 1 aliphatic heterocycles. The maximum Gasteiger partial charge on any atom is 0.161 e. The molecular formula is C14H21N3O. The lowest BCUT2D eigenvalue weighted by atomic mass is 10.1. The average molecular weight is 247 g/mol. The van der Waals surface area contributed by atoms with E-state index in [0.717, 1.165) is 38.3 Å². The van der Waals surface area contributed by atoms with Crippen LogP contribution in [0, 0.1) is 0 Å². The van der Waals surface area contributed by atoms with Crippen LogP contribution in [0.15, 0.2) is 18.2 Å². The Morgan fingerprint density at radius 1 is 1.22 bits per heavy atom. The Morgan fingerprint density at radius 3 is 2.72 bits per heavy atom. The molecule has 2 N–H and O–H groups in total. The number of likely N-dealkylation sites (N-methyl/N-ethyl adjacent to an activating group) is 1. The van der Waals surface area contributed by atoms with Gasteiger partial charge in [-0.1, -0.05) is 0 Å². The number of ketones is 1. The van der Waals surface area contributed by atoms with Crippen LogP contribution >= 0.6 is 0 Å². The summed E-state index contributed by atoms with van der Waals surface area (Å²) in [6.45, 7) is 5.78. The number of nitrogens with zero attached hydrogens (tertiary/aromatic N) is 2. The zero-order chi connectivity index (χ0) is 13.1. The molecule has 1 aromatic carbocycles. The van der Waals surface area contributed by atoms with E-state index >= 15 is 0 Å². The zero-order valence-corrected chi connectivity index (χ0v) is 11.1. The molecule has 0 spiro atoms.